The van der Waals surface area contributed by atoms with Crippen LogP contribution in [0.5, 0.6) is 0 Å². The SMILES string of the molecule is Cn1c2c(c3ccc(Nc4cccc(F)n4)nc31)CNCC2. The van der Waals surface area contributed by atoms with Crippen LogP contribution in [-0.4, -0.2) is 21.1 Å². The highest BCUT2D eigenvalue weighted by Crippen LogP contribution is 2.28. The summed E-state index contributed by atoms with van der Waals surface area (Å²) in [5.41, 5.74) is 3.60. The van der Waals surface area contributed by atoms with E-state index in [-0.39, 0.29) is 0 Å². The van der Waals surface area contributed by atoms with E-state index in [1.54, 1.807) is 12.1 Å². The Labute approximate surface area is 127 Å². The number of aryl methyl sites for hydroxylation is 1. The summed E-state index contributed by atoms with van der Waals surface area (Å²) >= 11 is 0. The molecule has 4 heterocycles. The smallest absolute Gasteiger partial charge is 0.214 e. The molecule has 0 bridgehead atoms. The first kappa shape index (κ1) is 13.2. The van der Waals surface area contributed by atoms with E-state index in [1.165, 1.54) is 22.7 Å². The maximum absolute atomic E-state index is 13.2. The first-order valence-electron chi connectivity index (χ1n) is 7.30. The van der Waals surface area contributed by atoms with Crippen molar-refractivity contribution in [2.24, 2.45) is 7.05 Å². The van der Waals surface area contributed by atoms with Gasteiger partial charge in [0.1, 0.15) is 17.3 Å². The lowest BCUT2D eigenvalue weighted by atomic mass is 10.1. The molecule has 0 aliphatic carbocycles. The molecule has 1 aliphatic heterocycles. The molecule has 0 saturated carbocycles. The van der Waals surface area contributed by atoms with Crippen LogP contribution in [0, 0.1) is 5.95 Å². The summed E-state index contributed by atoms with van der Waals surface area (Å²) < 4.78 is 15.3. The second-order valence-electron chi connectivity index (χ2n) is 5.45. The van der Waals surface area contributed by atoms with Crippen LogP contribution in [0.25, 0.3) is 11.0 Å². The highest BCUT2D eigenvalue weighted by molar-refractivity contribution is 5.84. The topological polar surface area (TPSA) is 54.8 Å². The molecule has 0 saturated heterocycles. The van der Waals surface area contributed by atoms with E-state index in [9.17, 15) is 4.39 Å². The van der Waals surface area contributed by atoms with Crippen molar-refractivity contribution in [1.29, 1.82) is 0 Å². The van der Waals surface area contributed by atoms with Gasteiger partial charge in [0, 0.05) is 37.6 Å². The zero-order chi connectivity index (χ0) is 15.1. The van der Waals surface area contributed by atoms with E-state index >= 15 is 0 Å². The molecule has 0 atom stereocenters. The van der Waals surface area contributed by atoms with Gasteiger partial charge in [-0.1, -0.05) is 6.07 Å². The Morgan fingerprint density at radius 3 is 2.91 bits per heavy atom. The zero-order valence-electron chi connectivity index (χ0n) is 12.2. The number of hydrogen-bond donors (Lipinski definition) is 2. The second kappa shape index (κ2) is 5.06. The number of nitrogens with one attached hydrogen (secondary N) is 2. The zero-order valence-corrected chi connectivity index (χ0v) is 12.2. The van der Waals surface area contributed by atoms with Crippen molar-refractivity contribution in [2.75, 3.05) is 11.9 Å². The van der Waals surface area contributed by atoms with Gasteiger partial charge in [0.05, 0.1) is 0 Å². The molecule has 3 aromatic rings. The summed E-state index contributed by atoms with van der Waals surface area (Å²) in [5, 5.41) is 7.62. The number of halogens is 1. The number of fused-ring (bicyclic) bond motifs is 3. The summed E-state index contributed by atoms with van der Waals surface area (Å²) in [7, 11) is 2.05. The maximum atomic E-state index is 13.2. The standard InChI is InChI=1S/C16H16FN5/c1-22-12-7-8-18-9-11(12)10-5-6-15(21-16(10)22)20-14-4-2-3-13(17)19-14/h2-6,18H,7-9H2,1H3,(H,19,20,21). The number of hydrogen-bond acceptors (Lipinski definition) is 4. The van der Waals surface area contributed by atoms with Crippen LogP contribution in [0.3, 0.4) is 0 Å². The molecule has 3 aromatic heterocycles. The third-order valence-electron chi connectivity index (χ3n) is 4.08. The van der Waals surface area contributed by atoms with Gasteiger partial charge >= 0.3 is 0 Å². The van der Waals surface area contributed by atoms with E-state index in [0.29, 0.717) is 11.6 Å². The molecule has 5 nitrogen and oxygen atoms in total. The van der Waals surface area contributed by atoms with E-state index in [1.807, 2.05) is 13.1 Å². The van der Waals surface area contributed by atoms with Crippen molar-refractivity contribution < 1.29 is 4.39 Å². The van der Waals surface area contributed by atoms with Gasteiger partial charge in [-0.3, -0.25) is 0 Å². The predicted octanol–water partition coefficient (Wildman–Crippen LogP) is 2.50. The summed E-state index contributed by atoms with van der Waals surface area (Å²) in [5.74, 6) is 0.607. The number of aromatic nitrogens is 3. The van der Waals surface area contributed by atoms with Crippen LogP contribution >= 0.6 is 0 Å². The van der Waals surface area contributed by atoms with Crippen LogP contribution in [0.4, 0.5) is 16.0 Å². The Bertz CT molecular complexity index is 855. The van der Waals surface area contributed by atoms with E-state index in [0.717, 1.165) is 25.2 Å². The molecular formula is C16H16FN5. The van der Waals surface area contributed by atoms with Gasteiger partial charge in [0.15, 0.2) is 0 Å². The van der Waals surface area contributed by atoms with Crippen LogP contribution < -0.4 is 10.6 Å². The van der Waals surface area contributed by atoms with Crippen LogP contribution in [0.2, 0.25) is 0 Å². The Morgan fingerprint density at radius 1 is 1.18 bits per heavy atom. The number of anilines is 2. The fourth-order valence-electron chi connectivity index (χ4n) is 3.04. The lowest BCUT2D eigenvalue weighted by Gasteiger charge is -2.14. The highest BCUT2D eigenvalue weighted by atomic mass is 19.1. The average Bonchev–Trinajstić information content (AvgIpc) is 2.81. The van der Waals surface area contributed by atoms with Crippen molar-refractivity contribution in [1.82, 2.24) is 19.9 Å². The van der Waals surface area contributed by atoms with E-state index in [4.69, 9.17) is 0 Å². The normalized spacial score (nSPS) is 14.1. The Hall–Kier alpha value is -2.47. The van der Waals surface area contributed by atoms with Crippen LogP contribution in [0.15, 0.2) is 30.3 Å². The summed E-state index contributed by atoms with van der Waals surface area (Å²) in [6.07, 6.45) is 1.01. The summed E-state index contributed by atoms with van der Waals surface area (Å²) in [6, 6.07) is 8.63. The molecule has 2 N–H and O–H groups in total. The molecule has 22 heavy (non-hydrogen) atoms. The lowest BCUT2D eigenvalue weighted by molar-refractivity contribution is 0.585. The van der Waals surface area contributed by atoms with Gasteiger partial charge in [-0.15, -0.1) is 0 Å². The van der Waals surface area contributed by atoms with Crippen molar-refractivity contribution in [3.05, 3.63) is 47.5 Å². The minimum Gasteiger partial charge on any atom is -0.332 e. The number of rotatable bonds is 2. The molecule has 0 fully saturated rings. The van der Waals surface area contributed by atoms with Crippen molar-refractivity contribution >= 4 is 22.7 Å². The third-order valence-corrected chi connectivity index (χ3v) is 4.08. The van der Waals surface area contributed by atoms with Crippen molar-refractivity contribution in [3.63, 3.8) is 0 Å². The molecule has 0 unspecified atom stereocenters. The molecule has 0 amide bonds. The molecule has 1 aliphatic rings. The van der Waals surface area contributed by atoms with Gasteiger partial charge in [0.25, 0.3) is 0 Å². The van der Waals surface area contributed by atoms with E-state index in [2.05, 4.69) is 31.2 Å². The highest BCUT2D eigenvalue weighted by Gasteiger charge is 2.18. The molecule has 112 valence electrons. The Kier molecular flexibility index (Phi) is 3.04. The molecule has 0 radical (unpaired) electrons. The fraction of sp³-hybridized carbons (Fsp3) is 0.250. The van der Waals surface area contributed by atoms with Crippen LogP contribution in [-0.2, 0) is 20.0 Å². The minimum absolute atomic E-state index is 0.451. The average molecular weight is 297 g/mol. The monoisotopic (exact) mass is 297 g/mol. The minimum atomic E-state index is -0.508. The van der Waals surface area contributed by atoms with E-state index < -0.39 is 5.95 Å². The largest absolute Gasteiger partial charge is 0.332 e. The Balaban J connectivity index is 1.76. The van der Waals surface area contributed by atoms with Gasteiger partial charge in [-0.25, -0.2) is 9.97 Å². The third kappa shape index (κ3) is 2.12. The van der Waals surface area contributed by atoms with Crippen molar-refractivity contribution in [2.45, 2.75) is 13.0 Å². The first-order valence-corrected chi connectivity index (χ1v) is 7.30. The summed E-state index contributed by atoms with van der Waals surface area (Å²) in [6.45, 7) is 1.88. The maximum Gasteiger partial charge on any atom is 0.214 e. The Morgan fingerprint density at radius 2 is 2.05 bits per heavy atom. The van der Waals surface area contributed by atoms with Crippen LogP contribution in [0.1, 0.15) is 11.3 Å². The van der Waals surface area contributed by atoms with Crippen molar-refractivity contribution in [3.8, 4) is 0 Å². The van der Waals surface area contributed by atoms with Gasteiger partial charge in [0.2, 0.25) is 5.95 Å². The molecule has 6 heteroatoms. The second-order valence-corrected chi connectivity index (χ2v) is 5.45. The molecule has 0 aromatic carbocycles. The molecule has 4 rings (SSSR count). The first-order chi connectivity index (χ1) is 10.7. The predicted molar refractivity (Wildman–Crippen MR) is 83.6 cm³/mol. The fourth-order valence-corrected chi connectivity index (χ4v) is 3.04. The molecule has 0 spiro atoms. The number of pyridine rings is 2. The number of nitrogens with zero attached hydrogens (tertiary/aromatic N) is 3. The molecular weight excluding hydrogens is 281 g/mol. The van der Waals surface area contributed by atoms with Gasteiger partial charge in [-0.05, 0) is 29.8 Å². The van der Waals surface area contributed by atoms with Gasteiger partial charge in [-0.2, -0.15) is 4.39 Å². The quantitative estimate of drug-likeness (QED) is 0.714. The lowest BCUT2D eigenvalue weighted by Crippen LogP contribution is -2.24. The summed E-state index contributed by atoms with van der Waals surface area (Å²) in [4.78, 5) is 8.47. The van der Waals surface area contributed by atoms with Gasteiger partial charge < -0.3 is 15.2 Å².